The summed E-state index contributed by atoms with van der Waals surface area (Å²) in [4.78, 5) is 52.7. The number of benzene rings is 2. The summed E-state index contributed by atoms with van der Waals surface area (Å²) < 4.78 is 35.2. The summed E-state index contributed by atoms with van der Waals surface area (Å²) in [6.45, 7) is 4.76. The topological polar surface area (TPSA) is 111 Å². The molecule has 10 nitrogen and oxygen atoms in total. The summed E-state index contributed by atoms with van der Waals surface area (Å²) >= 11 is 5.99. The number of ether oxygens (including phenoxy) is 1. The van der Waals surface area contributed by atoms with Crippen molar-refractivity contribution in [2.24, 2.45) is 0 Å². The molecule has 0 radical (unpaired) electrons. The number of anilines is 2. The molecular formula is C28H32ClF2N5O5. The summed E-state index contributed by atoms with van der Waals surface area (Å²) in [6.07, 6.45) is -0.224. The lowest BCUT2D eigenvalue weighted by Crippen LogP contribution is -2.62. The van der Waals surface area contributed by atoms with Crippen LogP contribution in [0.1, 0.15) is 36.8 Å². The lowest BCUT2D eigenvalue weighted by atomic mass is 9.92. The van der Waals surface area contributed by atoms with E-state index in [0.717, 1.165) is 23.4 Å². The fourth-order valence-corrected chi connectivity index (χ4v) is 5.28. The molecule has 2 saturated heterocycles. The van der Waals surface area contributed by atoms with Gasteiger partial charge in [0.15, 0.2) is 0 Å². The molecule has 2 heterocycles. The van der Waals surface area contributed by atoms with E-state index in [-0.39, 0.29) is 49.2 Å². The van der Waals surface area contributed by atoms with Crippen molar-refractivity contribution in [2.45, 2.75) is 44.8 Å². The average molecular weight is 592 g/mol. The molecule has 0 spiro atoms. The maximum Gasteiger partial charge on any atom is 0.407 e. The Hall–Kier alpha value is -3.93. The molecule has 0 aromatic heterocycles. The Morgan fingerprint density at radius 2 is 1.80 bits per heavy atom. The molecule has 41 heavy (non-hydrogen) atoms. The van der Waals surface area contributed by atoms with Gasteiger partial charge in [0.1, 0.15) is 17.7 Å². The van der Waals surface area contributed by atoms with E-state index in [1.807, 2.05) is 12.2 Å². The molecule has 220 valence electrons. The van der Waals surface area contributed by atoms with Crippen molar-refractivity contribution < 1.29 is 32.7 Å². The van der Waals surface area contributed by atoms with Gasteiger partial charge in [0.05, 0.1) is 25.0 Å². The van der Waals surface area contributed by atoms with E-state index in [2.05, 4.69) is 5.32 Å². The number of imide groups is 1. The highest BCUT2D eigenvalue weighted by Gasteiger charge is 2.37. The Balaban J connectivity index is 1.24. The van der Waals surface area contributed by atoms with E-state index < -0.39 is 35.7 Å². The fraction of sp³-hybridized carbons (Fsp3) is 0.429. The van der Waals surface area contributed by atoms with Crippen molar-refractivity contribution in [2.75, 3.05) is 43.0 Å². The fourth-order valence-electron chi connectivity index (χ4n) is 5.05. The normalized spacial score (nSPS) is 15.9. The van der Waals surface area contributed by atoms with Crippen molar-refractivity contribution in [1.82, 2.24) is 15.5 Å². The third-order valence-electron chi connectivity index (χ3n) is 7.28. The second-order valence-corrected chi connectivity index (χ2v) is 10.7. The van der Waals surface area contributed by atoms with Crippen LogP contribution in [0.15, 0.2) is 30.3 Å². The van der Waals surface area contributed by atoms with Crippen LogP contribution in [-0.2, 0) is 14.3 Å². The Morgan fingerprint density at radius 1 is 1.15 bits per heavy atom. The number of alkyl carbamates (subject to hydrolysis) is 1. The third-order valence-corrected chi connectivity index (χ3v) is 7.51. The Labute approximate surface area is 241 Å². The molecule has 2 aliphatic rings. The van der Waals surface area contributed by atoms with Crippen molar-refractivity contribution in [3.63, 3.8) is 0 Å². The molecule has 0 saturated carbocycles. The molecule has 0 aliphatic carbocycles. The first kappa shape index (κ1) is 30.0. The van der Waals surface area contributed by atoms with Crippen LogP contribution >= 0.6 is 11.6 Å². The Bertz CT molecular complexity index is 1310. The number of likely N-dealkylation sites (tertiary alicyclic amines) is 1. The van der Waals surface area contributed by atoms with E-state index in [9.17, 15) is 28.0 Å². The van der Waals surface area contributed by atoms with Gasteiger partial charge in [-0.2, -0.15) is 0 Å². The Morgan fingerprint density at radius 3 is 2.39 bits per heavy atom. The molecule has 2 aliphatic heterocycles. The number of aryl methyl sites for hydroxylation is 1. The summed E-state index contributed by atoms with van der Waals surface area (Å²) in [5.41, 5.74) is 1.49. The summed E-state index contributed by atoms with van der Waals surface area (Å²) in [5.74, 6) is -3.64. The number of urea groups is 1. The zero-order valence-corrected chi connectivity index (χ0v) is 23.7. The van der Waals surface area contributed by atoms with Crippen molar-refractivity contribution in [1.29, 1.82) is 0 Å². The minimum Gasteiger partial charge on any atom is -0.442 e. The highest BCUT2D eigenvalue weighted by molar-refractivity contribution is 6.30. The highest BCUT2D eigenvalue weighted by atomic mass is 35.5. The van der Waals surface area contributed by atoms with Gasteiger partial charge in [0.2, 0.25) is 12.3 Å². The van der Waals surface area contributed by atoms with Gasteiger partial charge in [-0.15, -0.1) is 0 Å². The number of nitrogens with zero attached hydrogens (tertiary/aromatic N) is 3. The van der Waals surface area contributed by atoms with Crippen LogP contribution in [0.4, 0.5) is 29.7 Å². The predicted molar refractivity (Wildman–Crippen MR) is 149 cm³/mol. The molecule has 1 atom stereocenters. The number of carbonyl (C=O) groups excluding carboxylic acids is 4. The zero-order chi connectivity index (χ0) is 29.8. The van der Waals surface area contributed by atoms with Crippen molar-refractivity contribution in [3.05, 3.63) is 58.1 Å². The monoisotopic (exact) mass is 591 g/mol. The van der Waals surface area contributed by atoms with E-state index in [1.54, 1.807) is 42.0 Å². The van der Waals surface area contributed by atoms with Crippen LogP contribution in [0.5, 0.6) is 0 Å². The third kappa shape index (κ3) is 6.70. The Kier molecular flexibility index (Phi) is 9.31. The average Bonchev–Trinajstić information content (AvgIpc) is 2.86. The molecule has 13 heteroatoms. The first-order valence-corrected chi connectivity index (χ1v) is 13.6. The van der Waals surface area contributed by atoms with Crippen LogP contribution in [0.3, 0.4) is 0 Å². The smallest absolute Gasteiger partial charge is 0.407 e. The number of hydrogen-bond acceptors (Lipinski definition) is 6. The van der Waals surface area contributed by atoms with Crippen LogP contribution in [0.2, 0.25) is 5.02 Å². The number of amides is 5. The molecule has 2 fully saturated rings. The van der Waals surface area contributed by atoms with Gasteiger partial charge in [0.25, 0.3) is 0 Å². The molecule has 0 bridgehead atoms. The minimum absolute atomic E-state index is 0.177. The van der Waals surface area contributed by atoms with Gasteiger partial charge in [-0.3, -0.25) is 19.8 Å². The lowest BCUT2D eigenvalue weighted by Gasteiger charge is -2.43. The second-order valence-electron chi connectivity index (χ2n) is 10.2. The first-order chi connectivity index (χ1) is 19.5. The minimum atomic E-state index is -1.13. The van der Waals surface area contributed by atoms with Crippen LogP contribution < -0.4 is 20.4 Å². The molecule has 2 N–H and O–H groups in total. The van der Waals surface area contributed by atoms with Gasteiger partial charge >= 0.3 is 12.1 Å². The van der Waals surface area contributed by atoms with Gasteiger partial charge < -0.3 is 19.9 Å². The molecular weight excluding hydrogens is 560 g/mol. The van der Waals surface area contributed by atoms with Gasteiger partial charge in [-0.05, 0) is 49.2 Å². The maximum atomic E-state index is 14.9. The molecule has 2 aromatic rings. The lowest BCUT2D eigenvalue weighted by molar-refractivity contribution is -0.126. The molecule has 5 amide bonds. The summed E-state index contributed by atoms with van der Waals surface area (Å²) in [7, 11) is 1.67. The van der Waals surface area contributed by atoms with E-state index in [4.69, 9.17) is 16.3 Å². The highest BCUT2D eigenvalue weighted by Crippen LogP contribution is 2.32. The summed E-state index contributed by atoms with van der Waals surface area (Å²) in [5, 5.41) is 5.28. The van der Waals surface area contributed by atoms with E-state index >= 15 is 0 Å². The number of rotatable bonds is 9. The van der Waals surface area contributed by atoms with Crippen LogP contribution in [-0.4, -0.2) is 74.7 Å². The van der Waals surface area contributed by atoms with Gasteiger partial charge in [0, 0.05) is 42.1 Å². The van der Waals surface area contributed by atoms with E-state index in [0.29, 0.717) is 24.5 Å². The van der Waals surface area contributed by atoms with Gasteiger partial charge in [-0.1, -0.05) is 24.9 Å². The molecule has 4 rings (SSSR count). The molecule has 2 aromatic carbocycles. The van der Waals surface area contributed by atoms with Crippen LogP contribution in [0, 0.1) is 18.6 Å². The molecule has 1 unspecified atom stereocenters. The summed E-state index contributed by atoms with van der Waals surface area (Å²) in [6, 6.07) is 7.03. The van der Waals surface area contributed by atoms with E-state index in [1.165, 1.54) is 4.90 Å². The van der Waals surface area contributed by atoms with Crippen molar-refractivity contribution >= 4 is 47.4 Å². The first-order valence-electron chi connectivity index (χ1n) is 13.3. The predicted octanol–water partition coefficient (Wildman–Crippen LogP) is 3.94. The number of carbonyl (C=O) groups is 4. The largest absolute Gasteiger partial charge is 0.442 e. The van der Waals surface area contributed by atoms with Crippen molar-refractivity contribution in [3.8, 4) is 0 Å². The number of nitrogens with one attached hydrogen (secondary N) is 2. The quantitative estimate of drug-likeness (QED) is 0.428. The maximum absolute atomic E-state index is 14.9. The zero-order valence-electron chi connectivity index (χ0n) is 23.0. The van der Waals surface area contributed by atoms with Crippen LogP contribution in [0.25, 0.3) is 0 Å². The van der Waals surface area contributed by atoms with Gasteiger partial charge in [-0.25, -0.2) is 18.4 Å². The number of hydrogen-bond donors (Lipinski definition) is 2. The number of halogens is 3. The standard InChI is InChI=1S/C28H32ClF2N5O5/c1-4-5-21(26(38)32-15-37)25-22(30)9-19(10-23(25)31)35-11-18(12-35)33-27(39)41-20-13-36(14-20)28(40)34(3)24-7-6-17(29)8-16(24)2/h6-10,15,18,20-21H,4-5,11-14H2,1-3H3,(H,33,39)(H,32,37,38). The second kappa shape index (κ2) is 12.7. The SMILES string of the molecule is CCCC(C(=O)NC=O)c1c(F)cc(N2CC(NC(=O)OC3CN(C(=O)N(C)c4ccc(Cl)cc4C)C3)C2)cc1F.